The molecule has 2 heterocycles. The molecule has 1 N–H and O–H groups in total. The Labute approximate surface area is 188 Å². The lowest BCUT2D eigenvalue weighted by molar-refractivity contribution is -0.258. The molecule has 2 spiro atoms. The van der Waals surface area contributed by atoms with Crippen molar-refractivity contribution in [3.63, 3.8) is 0 Å². The van der Waals surface area contributed by atoms with Gasteiger partial charge in [0.05, 0.1) is 12.0 Å². The maximum Gasteiger partial charge on any atom is 0.226 e. The van der Waals surface area contributed by atoms with Crippen molar-refractivity contribution in [2.75, 3.05) is 20.2 Å². The molecular formula is C25H34O7. The molecule has 32 heavy (non-hydrogen) atoms. The standard InChI is InChI=1S/C25H34O7/c1-14-6-16-17-4-5-24(25(32-13-30-24)11-29-12-31-25)23(17,3)9-20(28)21(16)22(2)8-15(10-26)19(27)7-18(14)22/h7,10,14-17,20-21,28H,4-6,8-9,11-13H2,1-3H3/t14-,15?,16-,17-,20-,21+,22-,23-,24+,25?/m0/s1. The summed E-state index contributed by atoms with van der Waals surface area (Å²) in [6, 6.07) is 0. The number of ketones is 1. The first-order chi connectivity index (χ1) is 15.2. The summed E-state index contributed by atoms with van der Waals surface area (Å²) in [5.74, 6) is -0.708. The van der Waals surface area contributed by atoms with Gasteiger partial charge in [-0.3, -0.25) is 4.79 Å². The summed E-state index contributed by atoms with van der Waals surface area (Å²) in [5.41, 5.74) is -0.178. The van der Waals surface area contributed by atoms with Crippen LogP contribution in [0.3, 0.4) is 0 Å². The van der Waals surface area contributed by atoms with E-state index in [1.165, 1.54) is 0 Å². The molecule has 7 heteroatoms. The molecule has 2 unspecified atom stereocenters. The SMILES string of the molecule is C[C@H]1C[C@@H]2[C@H]([C@@H](O)C[C@@]3(C)[C@H]2CC[C@@]32OCOC23COCO3)[C@@]2(C)CC(C=O)C(=O)C=C12. The second kappa shape index (κ2) is 6.72. The van der Waals surface area contributed by atoms with Gasteiger partial charge in [-0.1, -0.05) is 26.3 Å². The summed E-state index contributed by atoms with van der Waals surface area (Å²) in [5, 5.41) is 11.7. The van der Waals surface area contributed by atoms with E-state index in [-0.39, 0.29) is 48.0 Å². The number of carbonyl (C=O) groups is 2. The van der Waals surface area contributed by atoms with Crippen LogP contribution in [0.25, 0.3) is 0 Å². The first kappa shape index (κ1) is 21.4. The van der Waals surface area contributed by atoms with Crippen LogP contribution in [-0.4, -0.2) is 54.9 Å². The summed E-state index contributed by atoms with van der Waals surface area (Å²) >= 11 is 0. The first-order valence-corrected chi connectivity index (χ1v) is 12.1. The number of ether oxygens (including phenoxy) is 4. The van der Waals surface area contributed by atoms with Crippen molar-refractivity contribution in [1.82, 2.24) is 0 Å². The third kappa shape index (κ3) is 2.34. The number of hydrogen-bond acceptors (Lipinski definition) is 7. The quantitative estimate of drug-likeness (QED) is 0.489. The van der Waals surface area contributed by atoms with Gasteiger partial charge in [0.1, 0.15) is 18.5 Å². The number of fused-ring (bicyclic) bond motifs is 7. The molecule has 176 valence electrons. The van der Waals surface area contributed by atoms with E-state index in [9.17, 15) is 14.7 Å². The van der Waals surface area contributed by atoms with Crippen molar-refractivity contribution < 1.29 is 33.6 Å². The number of carbonyl (C=O) groups excluding carboxylic acids is 2. The van der Waals surface area contributed by atoms with Crippen LogP contribution in [0.2, 0.25) is 0 Å². The van der Waals surface area contributed by atoms with Crippen LogP contribution >= 0.6 is 0 Å². The number of aldehydes is 1. The van der Waals surface area contributed by atoms with Crippen molar-refractivity contribution in [3.05, 3.63) is 11.6 Å². The lowest BCUT2D eigenvalue weighted by Crippen LogP contribution is -2.66. The van der Waals surface area contributed by atoms with Gasteiger partial charge in [-0.25, -0.2) is 0 Å². The summed E-state index contributed by atoms with van der Waals surface area (Å²) in [7, 11) is 0. The third-order valence-electron chi connectivity index (χ3n) is 10.5. The minimum absolute atomic E-state index is 0.0211. The van der Waals surface area contributed by atoms with E-state index in [1.54, 1.807) is 6.08 Å². The first-order valence-electron chi connectivity index (χ1n) is 12.1. The van der Waals surface area contributed by atoms with E-state index in [0.29, 0.717) is 25.4 Å². The van der Waals surface area contributed by atoms with Crippen LogP contribution in [0.1, 0.15) is 52.9 Å². The van der Waals surface area contributed by atoms with Crippen LogP contribution in [-0.2, 0) is 28.5 Å². The molecule has 0 amide bonds. The normalized spacial score (nSPS) is 56.8. The van der Waals surface area contributed by atoms with Crippen LogP contribution in [0.5, 0.6) is 0 Å². The highest BCUT2D eigenvalue weighted by Crippen LogP contribution is 2.72. The predicted molar refractivity (Wildman–Crippen MR) is 112 cm³/mol. The number of aliphatic hydroxyl groups excluding tert-OH is 1. The third-order valence-corrected chi connectivity index (χ3v) is 10.5. The molecule has 5 fully saturated rings. The Balaban J connectivity index is 1.42. The number of aliphatic hydroxyl groups is 1. The van der Waals surface area contributed by atoms with Gasteiger partial charge in [0.2, 0.25) is 5.79 Å². The maximum atomic E-state index is 12.5. The van der Waals surface area contributed by atoms with Gasteiger partial charge in [-0.15, -0.1) is 0 Å². The summed E-state index contributed by atoms with van der Waals surface area (Å²) < 4.78 is 24.1. The monoisotopic (exact) mass is 446 g/mol. The highest BCUT2D eigenvalue weighted by Gasteiger charge is 2.77. The summed E-state index contributed by atoms with van der Waals surface area (Å²) in [6.07, 6.45) is 5.79. The largest absolute Gasteiger partial charge is 0.393 e. The summed E-state index contributed by atoms with van der Waals surface area (Å²) in [6.45, 7) is 7.35. The Morgan fingerprint density at radius 2 is 1.94 bits per heavy atom. The van der Waals surface area contributed by atoms with E-state index in [0.717, 1.165) is 31.1 Å². The van der Waals surface area contributed by atoms with Gasteiger partial charge in [0, 0.05) is 5.41 Å². The van der Waals surface area contributed by atoms with E-state index in [2.05, 4.69) is 20.8 Å². The van der Waals surface area contributed by atoms with E-state index >= 15 is 0 Å². The van der Waals surface area contributed by atoms with Gasteiger partial charge < -0.3 is 28.8 Å². The fourth-order valence-electron chi connectivity index (χ4n) is 9.34. The minimum atomic E-state index is -0.905. The van der Waals surface area contributed by atoms with E-state index < -0.39 is 23.4 Å². The van der Waals surface area contributed by atoms with Crippen LogP contribution in [0.15, 0.2) is 11.6 Å². The second-order valence-corrected chi connectivity index (χ2v) is 11.6. The second-order valence-electron chi connectivity index (χ2n) is 11.6. The molecular weight excluding hydrogens is 412 g/mol. The molecule has 2 aliphatic heterocycles. The average Bonchev–Trinajstić information content (AvgIpc) is 3.43. The number of rotatable bonds is 1. The van der Waals surface area contributed by atoms with Gasteiger partial charge in [-0.2, -0.15) is 0 Å². The molecule has 0 aromatic carbocycles. The highest BCUT2D eigenvalue weighted by atomic mass is 16.9. The zero-order valence-corrected chi connectivity index (χ0v) is 19.2. The van der Waals surface area contributed by atoms with Crippen molar-refractivity contribution in [2.24, 2.45) is 40.4 Å². The van der Waals surface area contributed by atoms with Gasteiger partial charge in [0.15, 0.2) is 19.4 Å². The number of hydrogen-bond donors (Lipinski definition) is 1. The molecule has 7 nitrogen and oxygen atoms in total. The van der Waals surface area contributed by atoms with Gasteiger partial charge in [-0.05, 0) is 67.3 Å². The van der Waals surface area contributed by atoms with Crippen molar-refractivity contribution in [3.8, 4) is 0 Å². The molecule has 0 radical (unpaired) electrons. The number of allylic oxidation sites excluding steroid dienone is 1. The van der Waals surface area contributed by atoms with Crippen LogP contribution in [0.4, 0.5) is 0 Å². The Hall–Kier alpha value is -1.12. The zero-order chi connectivity index (χ0) is 22.5. The fourth-order valence-corrected chi connectivity index (χ4v) is 9.34. The van der Waals surface area contributed by atoms with Crippen molar-refractivity contribution in [1.29, 1.82) is 0 Å². The molecule has 6 rings (SSSR count). The molecule has 6 aliphatic rings. The van der Waals surface area contributed by atoms with Crippen molar-refractivity contribution >= 4 is 12.1 Å². The Bertz CT molecular complexity index is 872. The molecule has 3 saturated carbocycles. The smallest absolute Gasteiger partial charge is 0.226 e. The maximum absolute atomic E-state index is 12.5. The highest BCUT2D eigenvalue weighted by molar-refractivity contribution is 6.02. The van der Waals surface area contributed by atoms with Gasteiger partial charge >= 0.3 is 0 Å². The zero-order valence-electron chi connectivity index (χ0n) is 19.2. The molecule has 4 aliphatic carbocycles. The summed E-state index contributed by atoms with van der Waals surface area (Å²) in [4.78, 5) is 24.2. The molecule has 2 saturated heterocycles. The molecule has 10 atom stereocenters. The lowest BCUT2D eigenvalue weighted by atomic mass is 9.43. The molecule has 0 aromatic rings. The van der Waals surface area contributed by atoms with Crippen LogP contribution < -0.4 is 0 Å². The topological polar surface area (TPSA) is 91.3 Å². The Morgan fingerprint density at radius 1 is 1.16 bits per heavy atom. The van der Waals surface area contributed by atoms with Crippen LogP contribution in [0, 0.1) is 40.4 Å². The van der Waals surface area contributed by atoms with E-state index in [1.807, 2.05) is 0 Å². The predicted octanol–water partition coefficient (Wildman–Crippen LogP) is 2.60. The lowest BCUT2D eigenvalue weighted by Gasteiger charge is -2.63. The minimum Gasteiger partial charge on any atom is -0.393 e. The Morgan fingerprint density at radius 3 is 2.66 bits per heavy atom. The molecule has 0 aromatic heterocycles. The Kier molecular flexibility index (Phi) is 4.50. The van der Waals surface area contributed by atoms with Crippen molar-refractivity contribution in [2.45, 2.75) is 70.4 Å². The fraction of sp³-hybridized carbons (Fsp3) is 0.840. The van der Waals surface area contributed by atoms with E-state index in [4.69, 9.17) is 18.9 Å². The van der Waals surface area contributed by atoms with Gasteiger partial charge in [0.25, 0.3) is 0 Å². The average molecular weight is 447 g/mol. The molecule has 0 bridgehead atoms.